The molecule has 0 saturated heterocycles. The number of carbonyl (C=O) groups excluding carboxylic acids is 5. The van der Waals surface area contributed by atoms with E-state index < -0.39 is 11.8 Å². The summed E-state index contributed by atoms with van der Waals surface area (Å²) >= 11 is 9.46. The molecule has 7 N–H and O–H groups in total. The quantitative estimate of drug-likeness (QED) is 0.0471. The van der Waals surface area contributed by atoms with E-state index in [1.807, 2.05) is 24.3 Å². The number of aromatic nitrogens is 6. The third-order valence-electron chi connectivity index (χ3n) is 9.12. The summed E-state index contributed by atoms with van der Waals surface area (Å²) in [5.41, 5.74) is 21.0. The Morgan fingerprint density at radius 1 is 0.828 bits per heavy atom. The van der Waals surface area contributed by atoms with Gasteiger partial charge in [-0.1, -0.05) is 7.43 Å². The standard InChI is InChI=1S/C17H18IN5O2.C13H14IN5O.C4H5ClO.CH2O3.CH4.2Cs.H/c18-10-6-7-20-13(8-10)23-12-3-1-2-11(21-17(25)9-4-5-9)14(12)15(22-23)16(19)24;14-7-4-5-17-10(6-7)19-9-3-1-2-8(15)11(9)12(18-19)13(16)20;5-4(6)3-1-2-3;2-1-4-3;;;;/h6-9,11H,1-5H2,(H2,19,24)(H,21,25);4-6,8H,1-3,15H2,(H2,16,20);3H,1-2H2;1,3H;1H4;;;/q;;;;;2*+1;-1/p-1. The van der Waals surface area contributed by atoms with Crippen molar-refractivity contribution in [2.24, 2.45) is 29.0 Å². The van der Waals surface area contributed by atoms with Gasteiger partial charge in [0.25, 0.3) is 18.3 Å². The smallest absolute Gasteiger partial charge is 1.00 e. The maximum Gasteiger partial charge on any atom is 1.00 e. The third-order valence-corrected chi connectivity index (χ3v) is 10.8. The van der Waals surface area contributed by atoms with Crippen LogP contribution >= 0.6 is 56.8 Å². The Morgan fingerprint density at radius 3 is 1.67 bits per heavy atom. The van der Waals surface area contributed by atoms with E-state index in [9.17, 15) is 19.2 Å². The molecule has 0 spiro atoms. The summed E-state index contributed by atoms with van der Waals surface area (Å²) in [6.07, 6.45) is 12.5. The van der Waals surface area contributed by atoms with Crippen LogP contribution in [-0.4, -0.2) is 59.0 Å². The Bertz CT molecular complexity index is 2090. The SMILES string of the molecule is C.NC(=O)c1nn(-c2cc(I)ccn2)c2c1C(N)CCC2.NC(=O)c1nn(-c2cc(I)ccn2)c2c1C(NC(=O)C1CC1)CCC2.O=C(Cl)C1CC1.O=CO[O-].[Cs+].[Cs+].[H-]. The molecule has 4 aliphatic rings. The summed E-state index contributed by atoms with van der Waals surface area (Å²) in [6, 6.07) is 7.23. The number of hydrogen-bond donors (Lipinski definition) is 4. The number of fused-ring (bicyclic) bond motifs is 2. The molecule has 0 aliphatic heterocycles. The Hall–Kier alpha value is 0.0439. The van der Waals surface area contributed by atoms with Crippen molar-refractivity contribution in [2.45, 2.75) is 83.7 Å². The van der Waals surface area contributed by atoms with Crippen LogP contribution in [0.15, 0.2) is 36.7 Å². The number of hydrogen-bond acceptors (Lipinski definition) is 12. The topological polar surface area (TPSA) is 269 Å². The van der Waals surface area contributed by atoms with Crippen LogP contribution in [0.2, 0.25) is 0 Å². The number of pyridine rings is 2. The number of rotatable bonds is 8. The van der Waals surface area contributed by atoms with Crippen LogP contribution in [0.4, 0.5) is 0 Å². The van der Waals surface area contributed by atoms with E-state index in [-0.39, 0.29) is 200 Å². The molecule has 8 rings (SSSR count). The molecule has 302 valence electrons. The minimum Gasteiger partial charge on any atom is -1.00 e. The monoisotopic (exact) mass is 1280 g/mol. The maximum atomic E-state index is 12.2. The first-order chi connectivity index (χ1) is 26.3. The number of carbonyl (C=O) groups is 5. The van der Waals surface area contributed by atoms with Crippen molar-refractivity contribution < 1.29 is 173 Å². The van der Waals surface area contributed by atoms with Crippen molar-refractivity contribution in [1.29, 1.82) is 0 Å². The van der Waals surface area contributed by atoms with Crippen molar-refractivity contribution >= 4 is 86.2 Å². The first-order valence-corrected chi connectivity index (χ1v) is 19.9. The van der Waals surface area contributed by atoms with Crippen molar-refractivity contribution in [2.75, 3.05) is 0 Å². The molecule has 4 aliphatic carbocycles. The molecule has 22 heteroatoms. The van der Waals surface area contributed by atoms with Crippen molar-refractivity contribution in [3.8, 4) is 11.6 Å². The number of halogens is 3. The molecule has 4 aromatic rings. The van der Waals surface area contributed by atoms with Crippen molar-refractivity contribution in [3.05, 3.63) is 77.7 Å². The fourth-order valence-corrected chi connectivity index (χ4v) is 7.37. The summed E-state index contributed by atoms with van der Waals surface area (Å²) in [7, 11) is 0. The molecule has 58 heavy (non-hydrogen) atoms. The molecule has 3 amide bonds. The van der Waals surface area contributed by atoms with Crippen LogP contribution in [0, 0.1) is 19.0 Å². The summed E-state index contributed by atoms with van der Waals surface area (Å²) in [5.74, 6) is 0.644. The van der Waals surface area contributed by atoms with Crippen molar-refractivity contribution in [1.82, 2.24) is 34.8 Å². The molecular formula is C36H43ClCs2I2N10O7. The summed E-state index contributed by atoms with van der Waals surface area (Å²) in [4.78, 5) is 65.7. The third kappa shape index (κ3) is 14.8. The van der Waals surface area contributed by atoms with E-state index in [2.05, 4.69) is 75.6 Å². The van der Waals surface area contributed by atoms with Gasteiger partial charge in [-0.3, -0.25) is 24.0 Å². The van der Waals surface area contributed by atoms with Gasteiger partial charge < -0.3 is 34.1 Å². The summed E-state index contributed by atoms with van der Waals surface area (Å²) < 4.78 is 5.49. The Labute approximate surface area is 487 Å². The molecule has 2 saturated carbocycles. The molecule has 0 radical (unpaired) electrons. The predicted molar refractivity (Wildman–Crippen MR) is 220 cm³/mol. The van der Waals surface area contributed by atoms with Gasteiger partial charge >= 0.3 is 138 Å². The maximum absolute atomic E-state index is 12.2. The van der Waals surface area contributed by atoms with Crippen LogP contribution in [-0.2, 0) is 32.1 Å². The van der Waals surface area contributed by atoms with E-state index in [4.69, 9.17) is 38.9 Å². The van der Waals surface area contributed by atoms with Gasteiger partial charge in [-0.15, -0.1) is 0 Å². The van der Waals surface area contributed by atoms with E-state index in [1.165, 1.54) is 0 Å². The van der Waals surface area contributed by atoms with Crippen LogP contribution < -0.4 is 166 Å². The van der Waals surface area contributed by atoms with Gasteiger partial charge in [-0.25, -0.2) is 19.3 Å². The van der Waals surface area contributed by atoms with E-state index in [1.54, 1.807) is 21.8 Å². The van der Waals surface area contributed by atoms with Crippen molar-refractivity contribution in [3.63, 3.8) is 0 Å². The molecular weight excluding hydrogens is 1240 g/mol. The van der Waals surface area contributed by atoms with Crippen LogP contribution in [0.1, 0.15) is 116 Å². The van der Waals surface area contributed by atoms with Crippen LogP contribution in [0.25, 0.3) is 11.6 Å². The van der Waals surface area contributed by atoms with Crippen LogP contribution in [0.5, 0.6) is 0 Å². The molecule has 0 aromatic carbocycles. The Morgan fingerprint density at radius 2 is 1.28 bits per heavy atom. The van der Waals surface area contributed by atoms with E-state index in [0.717, 1.165) is 93.9 Å². The molecule has 0 bridgehead atoms. The molecule has 2 unspecified atom stereocenters. The fraction of sp³-hybridized carbons (Fsp3) is 0.417. The zero-order chi connectivity index (χ0) is 39.8. The first kappa shape index (κ1) is 54.2. The second-order valence-corrected chi connectivity index (χ2v) is 16.0. The molecule has 4 aromatic heterocycles. The van der Waals surface area contributed by atoms with Gasteiger partial charge in [0.15, 0.2) is 23.0 Å². The number of amides is 3. The zero-order valence-corrected chi connectivity index (χ0v) is 49.0. The Kier molecular flexibility index (Phi) is 24.3. The minimum absolute atomic E-state index is 0. The number of nitrogens with zero attached hydrogens (tertiary/aromatic N) is 6. The molecule has 17 nitrogen and oxygen atoms in total. The second kappa shape index (κ2) is 26.0. The van der Waals surface area contributed by atoms with Gasteiger partial charge in [-0.2, -0.15) is 10.2 Å². The fourth-order valence-electron chi connectivity index (χ4n) is 6.27. The number of nitrogens with two attached hydrogens (primary N) is 3. The second-order valence-electron chi connectivity index (χ2n) is 13.1. The predicted octanol–water partition coefficient (Wildman–Crippen LogP) is -2.47. The van der Waals surface area contributed by atoms with Gasteiger partial charge in [-0.05, 0) is 145 Å². The zero-order valence-electron chi connectivity index (χ0n) is 32.3. The average molecular weight is 1280 g/mol. The van der Waals surface area contributed by atoms with Gasteiger partial charge in [0.1, 0.15) is 0 Å². The summed E-state index contributed by atoms with van der Waals surface area (Å²) in [5, 5.41) is 20.2. The molecule has 2 fully saturated rings. The normalized spacial score (nSPS) is 17.0. The average Bonchev–Trinajstić information content (AvgIpc) is 4.10. The van der Waals surface area contributed by atoms with Gasteiger partial charge in [0.05, 0.1) is 17.4 Å². The van der Waals surface area contributed by atoms with Gasteiger partial charge in [0, 0.05) is 48.5 Å². The van der Waals surface area contributed by atoms with E-state index >= 15 is 0 Å². The number of nitrogens with one attached hydrogen (secondary N) is 1. The van der Waals surface area contributed by atoms with Crippen LogP contribution in [0.3, 0.4) is 0 Å². The first-order valence-electron chi connectivity index (χ1n) is 17.4. The van der Waals surface area contributed by atoms with Gasteiger partial charge in [0.2, 0.25) is 11.1 Å². The summed E-state index contributed by atoms with van der Waals surface area (Å²) in [6.45, 7) is -0.181. The molecule has 4 heterocycles. The molecule has 2 atom stereocenters. The largest absolute Gasteiger partial charge is 1.00 e. The Balaban J connectivity index is 0.000000459. The minimum atomic E-state index is -0.576. The number of primary amides is 2. The van der Waals surface area contributed by atoms with E-state index in [0.29, 0.717) is 11.6 Å².